The molecular formula is C17H17ClF3N5O. The summed E-state index contributed by atoms with van der Waals surface area (Å²) in [4.78, 5) is 24.8. The molecule has 1 N–H and O–H groups in total. The van der Waals surface area contributed by atoms with Gasteiger partial charge in [0, 0.05) is 32.2 Å². The molecule has 2 aromatic rings. The third-order valence-electron chi connectivity index (χ3n) is 4.25. The normalized spacial score (nSPS) is 15.7. The van der Waals surface area contributed by atoms with E-state index in [0.29, 0.717) is 5.82 Å². The van der Waals surface area contributed by atoms with Gasteiger partial charge in [0.25, 0.3) is 5.91 Å². The van der Waals surface area contributed by atoms with Crippen LogP contribution in [0.25, 0.3) is 0 Å². The monoisotopic (exact) mass is 399 g/mol. The maximum absolute atomic E-state index is 12.9. The highest BCUT2D eigenvalue weighted by Gasteiger charge is 2.31. The Morgan fingerprint density at radius 2 is 1.85 bits per heavy atom. The molecule has 1 aliphatic rings. The van der Waals surface area contributed by atoms with Crippen molar-refractivity contribution < 1.29 is 18.0 Å². The molecule has 3 rings (SSSR count). The topological polar surface area (TPSA) is 61.4 Å². The highest BCUT2D eigenvalue weighted by atomic mass is 35.5. The maximum atomic E-state index is 12.9. The molecule has 1 aliphatic heterocycles. The van der Waals surface area contributed by atoms with Crippen LogP contribution < -0.4 is 10.2 Å². The third-order valence-corrected chi connectivity index (χ3v) is 4.58. The van der Waals surface area contributed by atoms with Crippen LogP contribution in [-0.4, -0.2) is 54.0 Å². The smallest absolute Gasteiger partial charge is 0.354 e. The van der Waals surface area contributed by atoms with E-state index in [-0.39, 0.29) is 16.4 Å². The molecule has 0 atom stereocenters. The van der Waals surface area contributed by atoms with Gasteiger partial charge in [-0.05, 0) is 25.2 Å². The number of benzene rings is 1. The van der Waals surface area contributed by atoms with Gasteiger partial charge >= 0.3 is 6.18 Å². The summed E-state index contributed by atoms with van der Waals surface area (Å²) in [7, 11) is 2.02. The largest absolute Gasteiger partial charge is 0.416 e. The first kappa shape index (κ1) is 19.4. The summed E-state index contributed by atoms with van der Waals surface area (Å²) in [6.45, 7) is 3.25. The zero-order valence-electron chi connectivity index (χ0n) is 14.4. The number of hydrogen-bond donors (Lipinski definition) is 1. The molecule has 27 heavy (non-hydrogen) atoms. The predicted molar refractivity (Wildman–Crippen MR) is 96.1 cm³/mol. The number of nitrogens with zero attached hydrogens (tertiary/aromatic N) is 4. The molecule has 0 aliphatic carbocycles. The maximum Gasteiger partial charge on any atom is 0.416 e. The lowest BCUT2D eigenvalue weighted by molar-refractivity contribution is -0.137. The zero-order valence-corrected chi connectivity index (χ0v) is 15.2. The fraction of sp³-hybridized carbons (Fsp3) is 0.353. The van der Waals surface area contributed by atoms with Crippen molar-refractivity contribution in [2.24, 2.45) is 0 Å². The van der Waals surface area contributed by atoms with Gasteiger partial charge in [0.15, 0.2) is 0 Å². The van der Waals surface area contributed by atoms with Crippen LogP contribution >= 0.6 is 11.6 Å². The molecule has 6 nitrogen and oxygen atoms in total. The van der Waals surface area contributed by atoms with E-state index >= 15 is 0 Å². The van der Waals surface area contributed by atoms with Crippen molar-refractivity contribution in [3.63, 3.8) is 0 Å². The number of likely N-dealkylation sites (N-methyl/N-ethyl adjacent to an activating group) is 1. The number of halogens is 4. The van der Waals surface area contributed by atoms with Gasteiger partial charge in [-0.15, -0.1) is 0 Å². The average molecular weight is 400 g/mol. The van der Waals surface area contributed by atoms with Crippen molar-refractivity contribution in [1.82, 2.24) is 14.9 Å². The number of nitrogens with one attached hydrogen (secondary N) is 1. The lowest BCUT2D eigenvalue weighted by atomic mass is 10.2. The first-order valence-corrected chi connectivity index (χ1v) is 8.55. The number of piperazine rings is 1. The molecule has 0 saturated carbocycles. The minimum absolute atomic E-state index is 0.00435. The standard InChI is InChI=1S/C17H17ClF3N5O/c1-25-4-6-26(7-5-25)15-9-14(22-10-23-15)16(27)24-13-8-11(17(19,20)21)2-3-12(13)18/h2-3,8-10H,4-7H2,1H3,(H,24,27). The van der Waals surface area contributed by atoms with Gasteiger partial charge in [0.1, 0.15) is 17.8 Å². The molecule has 1 fully saturated rings. The van der Waals surface area contributed by atoms with Gasteiger partial charge in [0.05, 0.1) is 16.3 Å². The Kier molecular flexibility index (Phi) is 5.52. The summed E-state index contributed by atoms with van der Waals surface area (Å²) < 4.78 is 38.6. The first-order chi connectivity index (χ1) is 12.7. The van der Waals surface area contributed by atoms with E-state index in [0.717, 1.165) is 44.4 Å². The second kappa shape index (κ2) is 7.69. The quantitative estimate of drug-likeness (QED) is 0.859. The van der Waals surface area contributed by atoms with E-state index in [2.05, 4.69) is 20.2 Å². The molecule has 0 radical (unpaired) electrons. The van der Waals surface area contributed by atoms with E-state index in [1.165, 1.54) is 12.4 Å². The fourth-order valence-corrected chi connectivity index (χ4v) is 2.83. The molecule has 144 valence electrons. The van der Waals surface area contributed by atoms with Crippen molar-refractivity contribution >= 4 is 29.0 Å². The Morgan fingerprint density at radius 3 is 2.52 bits per heavy atom. The van der Waals surface area contributed by atoms with Gasteiger partial charge in [0.2, 0.25) is 0 Å². The van der Waals surface area contributed by atoms with Crippen LogP contribution in [0.4, 0.5) is 24.7 Å². The van der Waals surface area contributed by atoms with E-state index in [1.807, 2.05) is 11.9 Å². The molecule has 0 spiro atoms. The lowest BCUT2D eigenvalue weighted by Gasteiger charge is -2.33. The number of carbonyl (C=O) groups is 1. The molecule has 0 unspecified atom stereocenters. The molecule has 10 heteroatoms. The Bertz CT molecular complexity index is 838. The van der Waals surface area contributed by atoms with Crippen LogP contribution in [0.1, 0.15) is 16.1 Å². The molecule has 1 aromatic carbocycles. The number of anilines is 2. The number of aromatic nitrogens is 2. The highest BCUT2D eigenvalue weighted by Crippen LogP contribution is 2.34. The molecule has 2 heterocycles. The summed E-state index contributed by atoms with van der Waals surface area (Å²) in [5.74, 6) is -0.0626. The SMILES string of the molecule is CN1CCN(c2cc(C(=O)Nc3cc(C(F)(F)F)ccc3Cl)ncn2)CC1. The second-order valence-corrected chi connectivity index (χ2v) is 6.61. The summed E-state index contributed by atoms with van der Waals surface area (Å²) in [5, 5.41) is 2.39. The zero-order chi connectivity index (χ0) is 19.6. The molecular weight excluding hydrogens is 383 g/mol. The van der Waals surface area contributed by atoms with Gasteiger partial charge < -0.3 is 15.1 Å². The Balaban J connectivity index is 1.78. The van der Waals surface area contributed by atoms with E-state index in [4.69, 9.17) is 11.6 Å². The summed E-state index contributed by atoms with van der Waals surface area (Å²) in [6.07, 6.45) is -3.27. The van der Waals surface area contributed by atoms with E-state index < -0.39 is 17.6 Å². The Hall–Kier alpha value is -2.39. The number of carbonyl (C=O) groups excluding carboxylic acids is 1. The minimum Gasteiger partial charge on any atom is -0.354 e. The number of amides is 1. The van der Waals surface area contributed by atoms with Crippen LogP contribution in [0.3, 0.4) is 0 Å². The third kappa shape index (κ3) is 4.67. The summed E-state index contributed by atoms with van der Waals surface area (Å²) in [5.41, 5.74) is -0.980. The molecule has 1 aromatic heterocycles. The lowest BCUT2D eigenvalue weighted by Crippen LogP contribution is -2.44. The van der Waals surface area contributed by atoms with E-state index in [1.54, 1.807) is 0 Å². The highest BCUT2D eigenvalue weighted by molar-refractivity contribution is 6.33. The van der Waals surface area contributed by atoms with Crippen LogP contribution in [0, 0.1) is 0 Å². The number of alkyl halides is 3. The van der Waals surface area contributed by atoms with Crippen molar-refractivity contribution in [3.8, 4) is 0 Å². The van der Waals surface area contributed by atoms with Crippen molar-refractivity contribution in [2.45, 2.75) is 6.18 Å². The molecule has 0 bridgehead atoms. The Labute approximate surface area is 159 Å². The molecule has 1 amide bonds. The number of hydrogen-bond acceptors (Lipinski definition) is 5. The van der Waals surface area contributed by atoms with Crippen LogP contribution in [0.15, 0.2) is 30.6 Å². The summed E-state index contributed by atoms with van der Waals surface area (Å²) in [6, 6.07) is 4.26. The van der Waals surface area contributed by atoms with Gasteiger partial charge in [-0.1, -0.05) is 11.6 Å². The number of rotatable bonds is 3. The minimum atomic E-state index is -4.53. The van der Waals surface area contributed by atoms with Crippen molar-refractivity contribution in [3.05, 3.63) is 46.9 Å². The van der Waals surface area contributed by atoms with Gasteiger partial charge in [-0.25, -0.2) is 9.97 Å². The predicted octanol–water partition coefficient (Wildman–Crippen LogP) is 3.15. The van der Waals surface area contributed by atoms with E-state index in [9.17, 15) is 18.0 Å². The Morgan fingerprint density at radius 1 is 1.15 bits per heavy atom. The van der Waals surface area contributed by atoms with Crippen LogP contribution in [0.5, 0.6) is 0 Å². The van der Waals surface area contributed by atoms with Crippen molar-refractivity contribution in [1.29, 1.82) is 0 Å². The van der Waals surface area contributed by atoms with Crippen LogP contribution in [-0.2, 0) is 6.18 Å². The van der Waals surface area contributed by atoms with Gasteiger partial charge in [-0.2, -0.15) is 13.2 Å². The van der Waals surface area contributed by atoms with Crippen LogP contribution in [0.2, 0.25) is 5.02 Å². The second-order valence-electron chi connectivity index (χ2n) is 6.20. The average Bonchev–Trinajstić information content (AvgIpc) is 2.63. The first-order valence-electron chi connectivity index (χ1n) is 8.17. The van der Waals surface area contributed by atoms with Gasteiger partial charge in [-0.3, -0.25) is 4.79 Å². The van der Waals surface area contributed by atoms with Crippen molar-refractivity contribution in [2.75, 3.05) is 43.4 Å². The molecule has 1 saturated heterocycles. The summed E-state index contributed by atoms with van der Waals surface area (Å²) >= 11 is 5.92. The fourth-order valence-electron chi connectivity index (χ4n) is 2.66.